The molecule has 3 heteroatoms. The van der Waals surface area contributed by atoms with Crippen LogP contribution in [0.3, 0.4) is 0 Å². The second kappa shape index (κ2) is 3.89. The molecule has 3 nitrogen and oxygen atoms in total. The van der Waals surface area contributed by atoms with Crippen molar-refractivity contribution in [2.24, 2.45) is 17.8 Å². The van der Waals surface area contributed by atoms with Gasteiger partial charge in [0.05, 0.1) is 13.0 Å². The minimum absolute atomic E-state index is 0.00606. The molecule has 2 unspecified atom stereocenters. The maximum Gasteiger partial charge on any atom is 0.310 e. The molecule has 0 aromatic heterocycles. The fraction of sp³-hybridized carbons (Fsp3) is 0.909. The quantitative estimate of drug-likeness (QED) is 0.622. The minimum Gasteiger partial charge on any atom is -0.469 e. The number of hydrogen-bond acceptors (Lipinski definition) is 3. The van der Waals surface area contributed by atoms with Crippen molar-refractivity contribution >= 4 is 5.97 Å². The Hall–Kier alpha value is -0.570. The Morgan fingerprint density at radius 1 is 1.36 bits per heavy atom. The van der Waals surface area contributed by atoms with E-state index in [1.54, 1.807) is 0 Å². The molecule has 2 rings (SSSR count). The van der Waals surface area contributed by atoms with Gasteiger partial charge in [0, 0.05) is 6.54 Å². The molecule has 2 fully saturated rings. The Labute approximate surface area is 85.4 Å². The van der Waals surface area contributed by atoms with Gasteiger partial charge in [0.1, 0.15) is 0 Å². The molecule has 1 saturated carbocycles. The van der Waals surface area contributed by atoms with Gasteiger partial charge < -0.3 is 9.64 Å². The summed E-state index contributed by atoms with van der Waals surface area (Å²) < 4.78 is 4.88. The molecule has 80 valence electrons. The van der Waals surface area contributed by atoms with Crippen LogP contribution >= 0.6 is 0 Å². The van der Waals surface area contributed by atoms with Crippen molar-refractivity contribution in [2.45, 2.75) is 19.3 Å². The summed E-state index contributed by atoms with van der Waals surface area (Å²) in [5.41, 5.74) is 0. The molecule has 0 radical (unpaired) electrons. The Bertz CT molecular complexity index is 225. The largest absolute Gasteiger partial charge is 0.469 e. The zero-order valence-electron chi connectivity index (χ0n) is 9.03. The first-order valence-electron chi connectivity index (χ1n) is 5.48. The highest BCUT2D eigenvalue weighted by molar-refractivity contribution is 5.73. The van der Waals surface area contributed by atoms with E-state index in [0.717, 1.165) is 19.0 Å². The van der Waals surface area contributed by atoms with Crippen LogP contribution in [0.15, 0.2) is 0 Å². The van der Waals surface area contributed by atoms with Crippen LogP contribution < -0.4 is 0 Å². The van der Waals surface area contributed by atoms with E-state index in [1.165, 1.54) is 26.4 Å². The zero-order chi connectivity index (χ0) is 10.1. The van der Waals surface area contributed by atoms with E-state index in [1.807, 2.05) is 0 Å². The average Bonchev–Trinajstić information content (AvgIpc) is 3.00. The molecule has 0 aromatic rings. The van der Waals surface area contributed by atoms with Gasteiger partial charge >= 0.3 is 5.97 Å². The van der Waals surface area contributed by atoms with Gasteiger partial charge in [-0.25, -0.2) is 0 Å². The number of nitrogens with zero attached hydrogens (tertiary/aromatic N) is 1. The summed E-state index contributed by atoms with van der Waals surface area (Å²) in [5, 5.41) is 0. The second-order valence-corrected chi connectivity index (χ2v) is 4.68. The number of esters is 1. The normalized spacial score (nSPS) is 34.1. The Kier molecular flexibility index (Phi) is 2.77. The summed E-state index contributed by atoms with van der Waals surface area (Å²) in [6.45, 7) is 2.02. The Balaban J connectivity index is 2.02. The highest BCUT2D eigenvalue weighted by Crippen LogP contribution is 2.44. The fourth-order valence-electron chi connectivity index (χ4n) is 2.62. The molecule has 1 heterocycles. The van der Waals surface area contributed by atoms with E-state index >= 15 is 0 Å². The van der Waals surface area contributed by atoms with Crippen LogP contribution in [-0.2, 0) is 9.53 Å². The summed E-state index contributed by atoms with van der Waals surface area (Å²) in [6.07, 6.45) is 3.81. The fourth-order valence-corrected chi connectivity index (χ4v) is 2.62. The lowest BCUT2D eigenvalue weighted by molar-refractivity contribution is -0.150. The van der Waals surface area contributed by atoms with Gasteiger partial charge in [0.25, 0.3) is 0 Å². The van der Waals surface area contributed by atoms with Crippen molar-refractivity contribution < 1.29 is 9.53 Å². The highest BCUT2D eigenvalue weighted by Gasteiger charge is 2.42. The summed E-state index contributed by atoms with van der Waals surface area (Å²) in [6, 6.07) is 0. The standard InChI is InChI=1S/C11H19NO2/c1-12-6-5-9(8-3-4-8)10(7-12)11(13)14-2/h8-10H,3-7H2,1-2H3. The first-order chi connectivity index (χ1) is 6.72. The molecule has 0 amide bonds. The first kappa shape index (κ1) is 9.97. The molecule has 2 aliphatic rings. The van der Waals surface area contributed by atoms with E-state index in [2.05, 4.69) is 11.9 Å². The smallest absolute Gasteiger partial charge is 0.310 e. The summed E-state index contributed by atoms with van der Waals surface area (Å²) in [4.78, 5) is 13.8. The van der Waals surface area contributed by atoms with Crippen LogP contribution in [0.1, 0.15) is 19.3 Å². The summed E-state index contributed by atoms with van der Waals surface area (Å²) in [7, 11) is 3.58. The number of likely N-dealkylation sites (tertiary alicyclic amines) is 1. The molecule has 0 spiro atoms. The lowest BCUT2D eigenvalue weighted by Gasteiger charge is -2.35. The molecule has 0 aromatic carbocycles. The van der Waals surface area contributed by atoms with E-state index < -0.39 is 0 Å². The second-order valence-electron chi connectivity index (χ2n) is 4.68. The van der Waals surface area contributed by atoms with Gasteiger partial charge in [-0.3, -0.25) is 4.79 Å². The summed E-state index contributed by atoms with van der Waals surface area (Å²) in [5.74, 6) is 1.53. The lowest BCUT2D eigenvalue weighted by atomic mass is 9.82. The maximum absolute atomic E-state index is 11.6. The molecular weight excluding hydrogens is 178 g/mol. The monoisotopic (exact) mass is 197 g/mol. The van der Waals surface area contributed by atoms with Gasteiger partial charge in [-0.15, -0.1) is 0 Å². The van der Waals surface area contributed by atoms with Crippen molar-refractivity contribution in [3.8, 4) is 0 Å². The molecule has 0 N–H and O–H groups in total. The Morgan fingerprint density at radius 3 is 2.64 bits per heavy atom. The number of carbonyl (C=O) groups excluding carboxylic acids is 1. The lowest BCUT2D eigenvalue weighted by Crippen LogP contribution is -2.43. The van der Waals surface area contributed by atoms with Crippen LogP contribution in [0, 0.1) is 17.8 Å². The van der Waals surface area contributed by atoms with E-state index in [0.29, 0.717) is 5.92 Å². The summed E-state index contributed by atoms with van der Waals surface area (Å²) >= 11 is 0. The van der Waals surface area contributed by atoms with E-state index in [9.17, 15) is 4.79 Å². The van der Waals surface area contributed by atoms with Crippen LogP contribution in [0.25, 0.3) is 0 Å². The third kappa shape index (κ3) is 1.92. The maximum atomic E-state index is 11.6. The first-order valence-corrected chi connectivity index (χ1v) is 5.48. The highest BCUT2D eigenvalue weighted by atomic mass is 16.5. The number of rotatable bonds is 2. The van der Waals surface area contributed by atoms with Gasteiger partial charge in [-0.05, 0) is 44.7 Å². The molecule has 2 atom stereocenters. The zero-order valence-corrected chi connectivity index (χ0v) is 9.03. The van der Waals surface area contributed by atoms with Crippen LogP contribution in [0.2, 0.25) is 0 Å². The molecular formula is C11H19NO2. The number of ether oxygens (including phenoxy) is 1. The van der Waals surface area contributed by atoms with Gasteiger partial charge in [0.15, 0.2) is 0 Å². The van der Waals surface area contributed by atoms with Crippen LogP contribution in [0.5, 0.6) is 0 Å². The topological polar surface area (TPSA) is 29.5 Å². The van der Waals surface area contributed by atoms with Crippen molar-refractivity contribution in [2.75, 3.05) is 27.2 Å². The molecule has 1 saturated heterocycles. The predicted molar refractivity (Wildman–Crippen MR) is 53.8 cm³/mol. The molecule has 14 heavy (non-hydrogen) atoms. The van der Waals surface area contributed by atoms with Crippen molar-refractivity contribution in [1.29, 1.82) is 0 Å². The van der Waals surface area contributed by atoms with Crippen LogP contribution in [0.4, 0.5) is 0 Å². The minimum atomic E-state index is -0.00606. The van der Waals surface area contributed by atoms with Crippen LogP contribution in [-0.4, -0.2) is 38.1 Å². The van der Waals surface area contributed by atoms with Gasteiger partial charge in [0.2, 0.25) is 0 Å². The Morgan fingerprint density at radius 2 is 2.07 bits per heavy atom. The third-order valence-corrected chi connectivity index (χ3v) is 3.60. The van der Waals surface area contributed by atoms with Crippen molar-refractivity contribution in [3.05, 3.63) is 0 Å². The third-order valence-electron chi connectivity index (χ3n) is 3.60. The number of carbonyl (C=O) groups is 1. The molecule has 1 aliphatic heterocycles. The number of piperidine rings is 1. The van der Waals surface area contributed by atoms with Gasteiger partial charge in [-0.2, -0.15) is 0 Å². The average molecular weight is 197 g/mol. The predicted octanol–water partition coefficient (Wildman–Crippen LogP) is 1.14. The molecule has 1 aliphatic carbocycles. The van der Waals surface area contributed by atoms with E-state index in [-0.39, 0.29) is 11.9 Å². The van der Waals surface area contributed by atoms with Gasteiger partial charge in [-0.1, -0.05) is 0 Å². The number of methoxy groups -OCH3 is 1. The van der Waals surface area contributed by atoms with Crippen molar-refractivity contribution in [1.82, 2.24) is 4.90 Å². The molecule has 0 bridgehead atoms. The van der Waals surface area contributed by atoms with E-state index in [4.69, 9.17) is 4.74 Å². The number of hydrogen-bond donors (Lipinski definition) is 0. The SMILES string of the molecule is COC(=O)C1CN(C)CCC1C1CC1. The van der Waals surface area contributed by atoms with Crippen molar-refractivity contribution in [3.63, 3.8) is 0 Å².